The van der Waals surface area contributed by atoms with Gasteiger partial charge in [0, 0.05) is 42.7 Å². The summed E-state index contributed by atoms with van der Waals surface area (Å²) >= 11 is 6.16. The van der Waals surface area contributed by atoms with Crippen molar-refractivity contribution in [2.75, 3.05) is 32.8 Å². The van der Waals surface area contributed by atoms with E-state index in [1.165, 1.54) is 0 Å². The molecule has 142 valence electrons. The number of fused-ring (bicyclic) bond motifs is 1. The number of hydrogen-bond acceptors (Lipinski definition) is 4. The Kier molecular flexibility index (Phi) is 5.62. The Bertz CT molecular complexity index is 814. The molecule has 1 amide bonds. The van der Waals surface area contributed by atoms with Gasteiger partial charge in [-0.1, -0.05) is 41.9 Å². The van der Waals surface area contributed by atoms with Gasteiger partial charge in [0.05, 0.1) is 19.2 Å². The molecule has 4 rings (SSSR count). The summed E-state index contributed by atoms with van der Waals surface area (Å²) < 4.78 is 5.69. The molecule has 0 spiro atoms. The first-order valence-corrected chi connectivity index (χ1v) is 9.80. The fourth-order valence-electron chi connectivity index (χ4n) is 3.89. The van der Waals surface area contributed by atoms with Crippen LogP contribution in [0.25, 0.3) is 0 Å². The number of rotatable bonds is 4. The molecule has 0 aromatic heterocycles. The van der Waals surface area contributed by atoms with Gasteiger partial charge in [-0.3, -0.25) is 9.69 Å². The van der Waals surface area contributed by atoms with E-state index >= 15 is 0 Å². The molecule has 0 saturated carbocycles. The van der Waals surface area contributed by atoms with Crippen LogP contribution in [0.1, 0.15) is 29.6 Å². The number of amides is 1. The van der Waals surface area contributed by atoms with Gasteiger partial charge in [0.2, 0.25) is 5.91 Å². The summed E-state index contributed by atoms with van der Waals surface area (Å²) in [6.45, 7) is 3.52. The molecule has 1 fully saturated rings. The van der Waals surface area contributed by atoms with E-state index < -0.39 is 0 Å². The number of nitrogens with zero attached hydrogens (tertiary/aromatic N) is 1. The van der Waals surface area contributed by atoms with E-state index in [1.54, 1.807) is 0 Å². The van der Waals surface area contributed by atoms with Crippen molar-refractivity contribution in [3.8, 4) is 5.75 Å². The second-order valence-electron chi connectivity index (χ2n) is 7.04. The highest BCUT2D eigenvalue weighted by atomic mass is 35.5. The number of carbonyl (C=O) groups is 1. The van der Waals surface area contributed by atoms with Gasteiger partial charge in [-0.2, -0.15) is 0 Å². The predicted molar refractivity (Wildman–Crippen MR) is 106 cm³/mol. The first-order valence-electron chi connectivity index (χ1n) is 9.42. The first kappa shape index (κ1) is 18.3. The monoisotopic (exact) mass is 385 g/mol. The molecule has 0 radical (unpaired) electrons. The Morgan fingerprint density at radius 2 is 2.15 bits per heavy atom. The van der Waals surface area contributed by atoms with Crippen molar-refractivity contribution in [2.24, 2.45) is 0 Å². The average Bonchev–Trinajstić information content (AvgIpc) is 2.69. The Morgan fingerprint density at radius 3 is 3.04 bits per heavy atom. The minimum Gasteiger partial charge on any atom is -0.493 e. The molecule has 6 heteroatoms. The Labute approximate surface area is 164 Å². The molecule has 2 aliphatic rings. The van der Waals surface area contributed by atoms with Crippen molar-refractivity contribution >= 4 is 17.5 Å². The number of benzene rings is 2. The summed E-state index contributed by atoms with van der Waals surface area (Å²) in [6, 6.07) is 16.0. The minimum atomic E-state index is 0.00925. The summed E-state index contributed by atoms with van der Waals surface area (Å²) in [5, 5.41) is 7.34. The van der Waals surface area contributed by atoms with Gasteiger partial charge in [-0.15, -0.1) is 0 Å². The Morgan fingerprint density at radius 1 is 1.26 bits per heavy atom. The van der Waals surface area contributed by atoms with Crippen molar-refractivity contribution in [2.45, 2.75) is 18.5 Å². The third kappa shape index (κ3) is 4.26. The van der Waals surface area contributed by atoms with Gasteiger partial charge < -0.3 is 15.4 Å². The van der Waals surface area contributed by atoms with Crippen LogP contribution in [0, 0.1) is 0 Å². The summed E-state index contributed by atoms with van der Waals surface area (Å²) in [7, 11) is 0. The summed E-state index contributed by atoms with van der Waals surface area (Å²) in [5.41, 5.74) is 2.20. The molecular weight excluding hydrogens is 362 g/mol. The Balaban J connectivity index is 1.44. The van der Waals surface area contributed by atoms with Crippen molar-refractivity contribution in [1.82, 2.24) is 15.5 Å². The zero-order chi connectivity index (χ0) is 18.6. The largest absolute Gasteiger partial charge is 0.493 e. The normalized spacial score (nSPS) is 22.6. The SMILES string of the molecule is O=C(CN1CCNCC1c1cccc(Cl)c1)NC1CCOc2ccccc21. The fourth-order valence-corrected chi connectivity index (χ4v) is 4.09. The zero-order valence-electron chi connectivity index (χ0n) is 15.2. The van der Waals surface area contributed by atoms with Gasteiger partial charge >= 0.3 is 0 Å². The summed E-state index contributed by atoms with van der Waals surface area (Å²) in [4.78, 5) is 15.0. The number of halogens is 1. The number of ether oxygens (including phenoxy) is 1. The van der Waals surface area contributed by atoms with E-state index in [1.807, 2.05) is 42.5 Å². The standard InChI is InChI=1S/C21H24ClN3O2/c22-16-5-3-4-15(12-16)19-13-23-9-10-25(19)14-21(26)24-18-8-11-27-20-7-2-1-6-17(18)20/h1-7,12,18-19,23H,8-11,13-14H2,(H,24,26). The minimum absolute atomic E-state index is 0.00925. The van der Waals surface area contributed by atoms with E-state index in [0.717, 1.165) is 48.0 Å². The number of hydrogen-bond donors (Lipinski definition) is 2. The van der Waals surface area contributed by atoms with Gasteiger partial charge in [0.15, 0.2) is 0 Å². The quantitative estimate of drug-likeness (QED) is 0.849. The summed E-state index contributed by atoms with van der Waals surface area (Å²) in [5.74, 6) is 0.915. The van der Waals surface area contributed by atoms with Crippen molar-refractivity contribution in [3.05, 3.63) is 64.7 Å². The maximum absolute atomic E-state index is 12.8. The highest BCUT2D eigenvalue weighted by molar-refractivity contribution is 6.30. The number of piperazine rings is 1. The molecular formula is C21H24ClN3O2. The lowest BCUT2D eigenvalue weighted by atomic mass is 10.0. The van der Waals surface area contributed by atoms with Crippen molar-refractivity contribution in [3.63, 3.8) is 0 Å². The zero-order valence-corrected chi connectivity index (χ0v) is 15.9. The van der Waals surface area contributed by atoms with E-state index in [4.69, 9.17) is 16.3 Å². The van der Waals surface area contributed by atoms with Gasteiger partial charge in [-0.05, 0) is 23.8 Å². The van der Waals surface area contributed by atoms with E-state index in [0.29, 0.717) is 13.2 Å². The highest BCUT2D eigenvalue weighted by Gasteiger charge is 2.28. The lowest BCUT2D eigenvalue weighted by molar-refractivity contribution is -0.124. The smallest absolute Gasteiger partial charge is 0.234 e. The van der Waals surface area contributed by atoms with Crippen LogP contribution in [0.4, 0.5) is 0 Å². The molecule has 5 nitrogen and oxygen atoms in total. The van der Waals surface area contributed by atoms with Crippen LogP contribution in [0.5, 0.6) is 5.75 Å². The van der Waals surface area contributed by atoms with E-state index in [9.17, 15) is 4.79 Å². The van der Waals surface area contributed by atoms with Gasteiger partial charge in [0.25, 0.3) is 0 Å². The maximum Gasteiger partial charge on any atom is 0.234 e. The van der Waals surface area contributed by atoms with E-state index in [2.05, 4.69) is 21.6 Å². The average molecular weight is 386 g/mol. The number of para-hydroxylation sites is 1. The van der Waals surface area contributed by atoms with Crippen LogP contribution >= 0.6 is 11.6 Å². The third-order valence-electron chi connectivity index (χ3n) is 5.23. The second kappa shape index (κ2) is 8.30. The molecule has 2 aliphatic heterocycles. The highest BCUT2D eigenvalue weighted by Crippen LogP contribution is 2.31. The van der Waals surface area contributed by atoms with Crippen LogP contribution in [0.15, 0.2) is 48.5 Å². The molecule has 2 atom stereocenters. The Hall–Kier alpha value is -2.08. The fraction of sp³-hybridized carbons (Fsp3) is 0.381. The number of carbonyl (C=O) groups excluding carboxylic acids is 1. The molecule has 2 unspecified atom stereocenters. The molecule has 2 aromatic rings. The van der Waals surface area contributed by atoms with E-state index in [-0.39, 0.29) is 18.0 Å². The second-order valence-corrected chi connectivity index (χ2v) is 7.48. The van der Waals surface area contributed by atoms with Crippen LogP contribution in [-0.2, 0) is 4.79 Å². The predicted octanol–water partition coefficient (Wildman–Crippen LogP) is 2.93. The first-order chi connectivity index (χ1) is 13.2. The van der Waals surface area contributed by atoms with Crippen LogP contribution < -0.4 is 15.4 Å². The molecule has 2 N–H and O–H groups in total. The third-order valence-corrected chi connectivity index (χ3v) is 5.46. The van der Waals surface area contributed by atoms with Gasteiger partial charge in [0.1, 0.15) is 5.75 Å². The summed E-state index contributed by atoms with van der Waals surface area (Å²) in [6.07, 6.45) is 0.794. The topological polar surface area (TPSA) is 53.6 Å². The molecule has 2 aromatic carbocycles. The van der Waals surface area contributed by atoms with Crippen molar-refractivity contribution in [1.29, 1.82) is 0 Å². The van der Waals surface area contributed by atoms with Crippen LogP contribution in [0.3, 0.4) is 0 Å². The lowest BCUT2D eigenvalue weighted by Crippen LogP contribution is -2.50. The molecule has 27 heavy (non-hydrogen) atoms. The molecule has 0 bridgehead atoms. The maximum atomic E-state index is 12.8. The molecule has 2 heterocycles. The molecule has 1 saturated heterocycles. The van der Waals surface area contributed by atoms with Crippen LogP contribution in [0.2, 0.25) is 5.02 Å². The lowest BCUT2D eigenvalue weighted by Gasteiger charge is -2.36. The van der Waals surface area contributed by atoms with Crippen molar-refractivity contribution < 1.29 is 9.53 Å². The van der Waals surface area contributed by atoms with Crippen LogP contribution in [-0.4, -0.2) is 43.6 Å². The molecule has 0 aliphatic carbocycles. The van der Waals surface area contributed by atoms with Gasteiger partial charge in [-0.25, -0.2) is 0 Å². The number of nitrogens with one attached hydrogen (secondary N) is 2.